The molecule has 30 heavy (non-hydrogen) atoms. The number of hydrogen-bond acceptors (Lipinski definition) is 6. The monoisotopic (exact) mass is 462 g/mol. The van der Waals surface area contributed by atoms with Crippen LogP contribution in [0, 0.1) is 5.82 Å². The molecule has 0 unspecified atom stereocenters. The van der Waals surface area contributed by atoms with Crippen LogP contribution in [0.15, 0.2) is 36.5 Å². The van der Waals surface area contributed by atoms with Crippen LogP contribution in [0.5, 0.6) is 5.88 Å². The van der Waals surface area contributed by atoms with E-state index in [4.69, 9.17) is 16.7 Å². The van der Waals surface area contributed by atoms with E-state index in [9.17, 15) is 22.7 Å². The fourth-order valence-corrected chi connectivity index (χ4v) is 4.13. The fourth-order valence-electron chi connectivity index (χ4n) is 2.83. The zero-order valence-electron chi connectivity index (χ0n) is 15.8. The molecule has 1 atom stereocenters. The molecule has 0 spiro atoms. The zero-order chi connectivity index (χ0) is 22.4. The number of carbonyl (C=O) groups is 1. The molecular weight excluding hydrogens is 442 g/mol. The van der Waals surface area contributed by atoms with Gasteiger partial charge in [0.1, 0.15) is 5.82 Å². The van der Waals surface area contributed by atoms with Gasteiger partial charge >= 0.3 is 0 Å². The van der Waals surface area contributed by atoms with Crippen LogP contribution in [-0.2, 0) is 26.8 Å². The predicted octanol–water partition coefficient (Wildman–Crippen LogP) is 2.25. The maximum atomic E-state index is 15.9. The second-order valence-corrected chi connectivity index (χ2v) is 9.28. The largest absolute Gasteiger partial charge is 0.493 e. The molecule has 0 aliphatic rings. The van der Waals surface area contributed by atoms with Crippen LogP contribution < -0.4 is 5.32 Å². The van der Waals surface area contributed by atoms with Gasteiger partial charge in [-0.1, -0.05) is 17.7 Å². The summed E-state index contributed by atoms with van der Waals surface area (Å²) in [6.45, 7) is -0.779. The van der Waals surface area contributed by atoms with Gasteiger partial charge in [-0.2, -0.15) is 0 Å². The van der Waals surface area contributed by atoms with E-state index >= 15 is 4.39 Å². The lowest BCUT2D eigenvalue weighted by atomic mass is 9.90. The van der Waals surface area contributed by atoms with E-state index in [1.807, 2.05) is 0 Å². The Hall–Kier alpha value is -2.30. The molecule has 0 fully saturated rings. The van der Waals surface area contributed by atoms with Crippen LogP contribution in [0.25, 0.3) is 0 Å². The van der Waals surface area contributed by atoms with Crippen molar-refractivity contribution in [3.63, 3.8) is 0 Å². The zero-order valence-corrected chi connectivity index (χ0v) is 17.4. The van der Waals surface area contributed by atoms with Crippen molar-refractivity contribution in [1.82, 2.24) is 10.3 Å². The average Bonchev–Trinajstić information content (AvgIpc) is 2.67. The van der Waals surface area contributed by atoms with Crippen molar-refractivity contribution in [1.29, 1.82) is 0 Å². The first kappa shape index (κ1) is 24.0. The summed E-state index contributed by atoms with van der Waals surface area (Å²) in [7, 11) is -3.62. The van der Waals surface area contributed by atoms with Crippen molar-refractivity contribution in [2.45, 2.75) is 25.1 Å². The molecule has 164 valence electrons. The first-order chi connectivity index (χ1) is 14.1. The van der Waals surface area contributed by atoms with Gasteiger partial charge in [-0.3, -0.25) is 4.79 Å². The number of sulfone groups is 1. The summed E-state index contributed by atoms with van der Waals surface area (Å²) >= 11 is 5.91. The van der Waals surface area contributed by atoms with E-state index in [1.54, 1.807) is 0 Å². The highest BCUT2D eigenvalue weighted by Gasteiger charge is 2.42. The summed E-state index contributed by atoms with van der Waals surface area (Å²) in [6.07, 6.45) is 0.416. The summed E-state index contributed by atoms with van der Waals surface area (Å²) in [5.41, 5.74) is -2.85. The molecule has 1 amide bonds. The van der Waals surface area contributed by atoms with Crippen molar-refractivity contribution >= 4 is 27.3 Å². The van der Waals surface area contributed by atoms with E-state index in [0.717, 1.165) is 12.1 Å². The molecule has 0 radical (unpaired) electrons. The highest BCUT2D eigenvalue weighted by molar-refractivity contribution is 7.91. The van der Waals surface area contributed by atoms with Gasteiger partial charge < -0.3 is 15.5 Å². The van der Waals surface area contributed by atoms with E-state index in [2.05, 4.69) is 10.3 Å². The van der Waals surface area contributed by atoms with E-state index in [1.165, 1.54) is 24.4 Å². The molecule has 2 aromatic rings. The Morgan fingerprint density at radius 2 is 2.00 bits per heavy atom. The fraction of sp³-hybridized carbons (Fsp3) is 0.368. The average molecular weight is 463 g/mol. The lowest BCUT2D eigenvalue weighted by Gasteiger charge is -2.25. The number of rotatable bonds is 10. The number of benzene rings is 1. The Labute approximate surface area is 177 Å². The number of nitrogens with one attached hydrogen (secondary N) is 1. The van der Waals surface area contributed by atoms with Crippen molar-refractivity contribution in [2.75, 3.05) is 18.1 Å². The highest BCUT2D eigenvalue weighted by atomic mass is 35.5. The highest BCUT2D eigenvalue weighted by Crippen LogP contribution is 2.36. The maximum Gasteiger partial charge on any atom is 0.262 e. The summed E-state index contributed by atoms with van der Waals surface area (Å²) in [6, 6.07) is 6.02. The standard InChI is InChI=1S/C19H21ClF2N2O5S/c20-16-11-14(21)5-4-13(16)12-24-18(27)19(22,15-3-1-7-23-17(15)26)6-2-9-30(28,29)10-8-25/h1,3-5,7,11,25H,2,6,8-10,12H2,(H,23,26)(H,24,27)/t19-/m0/s1. The van der Waals surface area contributed by atoms with Gasteiger partial charge in [-0.25, -0.2) is 22.2 Å². The molecule has 1 heterocycles. The number of amides is 1. The number of aromatic hydroxyl groups is 1. The maximum absolute atomic E-state index is 15.9. The van der Waals surface area contributed by atoms with Crippen LogP contribution in [0.4, 0.5) is 8.78 Å². The van der Waals surface area contributed by atoms with Crippen LogP contribution in [0.3, 0.4) is 0 Å². The third kappa shape index (κ3) is 6.10. The quantitative estimate of drug-likeness (QED) is 0.498. The SMILES string of the molecule is O=C(NCc1ccc(F)cc1Cl)[C@](F)(CCCS(=O)(=O)CCO)c1cccnc1O. The third-order valence-electron chi connectivity index (χ3n) is 4.41. The first-order valence-corrected chi connectivity index (χ1v) is 11.2. The minimum atomic E-state index is -3.62. The Bertz CT molecular complexity index is 1010. The molecule has 1 aromatic heterocycles. The first-order valence-electron chi connectivity index (χ1n) is 8.96. The second-order valence-electron chi connectivity index (χ2n) is 6.57. The second kappa shape index (κ2) is 10.1. The number of pyridine rings is 1. The summed E-state index contributed by atoms with van der Waals surface area (Å²) in [4.78, 5) is 16.3. The Balaban J connectivity index is 2.22. The van der Waals surface area contributed by atoms with Crippen LogP contribution in [0.2, 0.25) is 5.02 Å². The normalized spacial score (nSPS) is 13.6. The number of carbonyl (C=O) groups excluding carboxylic acids is 1. The number of nitrogens with zero attached hydrogens (tertiary/aromatic N) is 1. The molecule has 0 bridgehead atoms. The van der Waals surface area contributed by atoms with Gasteiger partial charge in [0.15, 0.2) is 9.84 Å². The number of aliphatic hydroxyl groups is 1. The van der Waals surface area contributed by atoms with E-state index in [0.29, 0.717) is 5.56 Å². The third-order valence-corrected chi connectivity index (χ3v) is 6.47. The summed E-state index contributed by atoms with van der Waals surface area (Å²) in [5.74, 6) is -3.32. The number of hydrogen-bond donors (Lipinski definition) is 3. The van der Waals surface area contributed by atoms with Crippen molar-refractivity contribution in [2.24, 2.45) is 0 Å². The van der Waals surface area contributed by atoms with Gasteiger partial charge in [0.25, 0.3) is 5.91 Å². The molecule has 1 aromatic carbocycles. The Morgan fingerprint density at radius 1 is 1.27 bits per heavy atom. The molecule has 0 aliphatic carbocycles. The predicted molar refractivity (Wildman–Crippen MR) is 107 cm³/mol. The Morgan fingerprint density at radius 3 is 2.63 bits per heavy atom. The number of alkyl halides is 1. The van der Waals surface area contributed by atoms with E-state index in [-0.39, 0.29) is 18.0 Å². The van der Waals surface area contributed by atoms with Gasteiger partial charge in [0.05, 0.1) is 23.7 Å². The topological polar surface area (TPSA) is 117 Å². The molecule has 0 saturated heterocycles. The van der Waals surface area contributed by atoms with Crippen LogP contribution in [0.1, 0.15) is 24.0 Å². The molecule has 11 heteroatoms. The molecule has 0 saturated carbocycles. The number of aliphatic hydroxyl groups excluding tert-OH is 1. The van der Waals surface area contributed by atoms with Gasteiger partial charge in [0, 0.05) is 17.8 Å². The molecule has 0 aliphatic heterocycles. The molecule has 2 rings (SSSR count). The molecule has 7 nitrogen and oxygen atoms in total. The minimum absolute atomic E-state index is 0.0408. The van der Waals surface area contributed by atoms with Gasteiger partial charge in [0.2, 0.25) is 11.5 Å². The van der Waals surface area contributed by atoms with Crippen molar-refractivity contribution in [3.05, 3.63) is 58.5 Å². The van der Waals surface area contributed by atoms with Crippen LogP contribution in [-0.4, -0.2) is 47.6 Å². The van der Waals surface area contributed by atoms with Gasteiger partial charge in [-0.15, -0.1) is 0 Å². The van der Waals surface area contributed by atoms with Gasteiger partial charge in [-0.05, 0) is 42.7 Å². The lowest BCUT2D eigenvalue weighted by Crippen LogP contribution is -2.41. The number of aromatic nitrogens is 1. The smallest absolute Gasteiger partial charge is 0.262 e. The molecule has 3 N–H and O–H groups in total. The van der Waals surface area contributed by atoms with E-state index < -0.39 is 63.2 Å². The lowest BCUT2D eigenvalue weighted by molar-refractivity contribution is -0.134. The van der Waals surface area contributed by atoms with Crippen molar-refractivity contribution in [3.8, 4) is 5.88 Å². The number of halogens is 3. The minimum Gasteiger partial charge on any atom is -0.493 e. The molecular formula is C19H21ClF2N2O5S. The summed E-state index contributed by atoms with van der Waals surface area (Å²) in [5, 5.41) is 21.1. The van der Waals surface area contributed by atoms with Crippen molar-refractivity contribution < 1.29 is 32.2 Å². The summed E-state index contributed by atoms with van der Waals surface area (Å²) < 4.78 is 52.6. The van der Waals surface area contributed by atoms with Crippen LogP contribution >= 0.6 is 11.6 Å². The Kier molecular flexibility index (Phi) is 8.10.